The van der Waals surface area contributed by atoms with Crippen molar-refractivity contribution < 1.29 is 14.3 Å². The van der Waals surface area contributed by atoms with E-state index in [1.54, 1.807) is 13.2 Å². The smallest absolute Gasteiger partial charge is 0.283 e. The molecule has 0 saturated carbocycles. The van der Waals surface area contributed by atoms with Gasteiger partial charge in [-0.3, -0.25) is 10.2 Å². The van der Waals surface area contributed by atoms with Crippen LogP contribution < -0.4 is 9.47 Å². The maximum absolute atomic E-state index is 12.8. The lowest BCUT2D eigenvalue weighted by atomic mass is 10.1. The van der Waals surface area contributed by atoms with Crippen molar-refractivity contribution in [2.24, 2.45) is 10.1 Å². The first-order valence-electron chi connectivity index (χ1n) is 11.4. The average molecular weight is 488 g/mol. The Bertz CT molecular complexity index is 1400. The topological polar surface area (TPSA) is 92.3 Å². The zero-order valence-corrected chi connectivity index (χ0v) is 20.3. The van der Waals surface area contributed by atoms with Crippen molar-refractivity contribution >= 4 is 50.7 Å². The Morgan fingerprint density at radius 3 is 2.69 bits per heavy atom. The summed E-state index contributed by atoms with van der Waals surface area (Å²) in [6.45, 7) is 3.11. The number of thioether (sulfide) groups is 1. The van der Waals surface area contributed by atoms with Crippen LogP contribution in [-0.4, -0.2) is 45.2 Å². The van der Waals surface area contributed by atoms with Crippen molar-refractivity contribution in [3.05, 3.63) is 65.9 Å². The van der Waals surface area contributed by atoms with E-state index in [1.807, 2.05) is 54.7 Å². The van der Waals surface area contributed by atoms with Crippen LogP contribution in [0.4, 0.5) is 0 Å². The molecular formula is C26H25N5O3S. The number of nitrogens with zero attached hydrogens (tertiary/aromatic N) is 4. The van der Waals surface area contributed by atoms with Crippen molar-refractivity contribution in [2.75, 3.05) is 13.7 Å². The van der Waals surface area contributed by atoms with Crippen molar-refractivity contribution in [1.29, 1.82) is 5.41 Å². The number of nitrogens with one attached hydrogen (secondary N) is 1. The van der Waals surface area contributed by atoms with Gasteiger partial charge in [0, 0.05) is 22.7 Å². The van der Waals surface area contributed by atoms with Crippen LogP contribution in [0.15, 0.2) is 70.4 Å². The third-order valence-corrected chi connectivity index (χ3v) is 6.71. The van der Waals surface area contributed by atoms with Gasteiger partial charge in [-0.2, -0.15) is 15.1 Å². The molecule has 2 aliphatic rings. The molecule has 3 aromatic rings. The third-order valence-electron chi connectivity index (χ3n) is 5.74. The van der Waals surface area contributed by atoms with Gasteiger partial charge in [-0.15, -0.1) is 0 Å². The number of methoxy groups -OCH3 is 1. The predicted molar refractivity (Wildman–Crippen MR) is 140 cm³/mol. The maximum Gasteiger partial charge on any atom is 0.283 e. The molecule has 1 N–H and O–H groups in total. The lowest BCUT2D eigenvalue weighted by molar-refractivity contribution is -0.114. The first-order valence-corrected chi connectivity index (χ1v) is 12.2. The normalized spacial score (nSPS) is 16.5. The first-order chi connectivity index (χ1) is 17.1. The zero-order valence-electron chi connectivity index (χ0n) is 19.5. The predicted octanol–water partition coefficient (Wildman–Crippen LogP) is 5.15. The molecule has 35 heavy (non-hydrogen) atoms. The van der Waals surface area contributed by atoms with E-state index in [0.717, 1.165) is 34.4 Å². The number of hydrogen-bond acceptors (Lipinski definition) is 6. The SMILES string of the molecule is CCCC1=NN2C(=N)C(=Cc3cn(CCOc4ccccc4OC)c4ccccc34)C(=O)N=C2S1. The molecule has 8 nitrogen and oxygen atoms in total. The van der Waals surface area contributed by atoms with Gasteiger partial charge in [0.05, 0.1) is 19.2 Å². The van der Waals surface area contributed by atoms with E-state index in [2.05, 4.69) is 21.6 Å². The molecule has 0 radical (unpaired) electrons. The number of amidine groups is 2. The van der Waals surface area contributed by atoms with Gasteiger partial charge in [-0.1, -0.05) is 37.3 Å². The van der Waals surface area contributed by atoms with Gasteiger partial charge in [0.2, 0.25) is 5.17 Å². The summed E-state index contributed by atoms with van der Waals surface area (Å²) < 4.78 is 13.4. The molecule has 0 spiro atoms. The molecule has 178 valence electrons. The highest BCUT2D eigenvalue weighted by atomic mass is 32.2. The Labute approximate surface area is 207 Å². The molecule has 5 rings (SSSR count). The number of carbonyl (C=O) groups excluding carboxylic acids is 1. The van der Waals surface area contributed by atoms with Crippen LogP contribution in [0, 0.1) is 5.41 Å². The largest absolute Gasteiger partial charge is 0.493 e. The van der Waals surface area contributed by atoms with Crippen molar-refractivity contribution in [1.82, 2.24) is 9.58 Å². The molecule has 0 saturated heterocycles. The molecule has 3 heterocycles. The molecule has 0 fully saturated rings. The standard InChI is InChI=1S/C26H25N5O3S/c1-3-8-23-29-31-24(27)19(25(32)28-26(31)35-23)15-17-16-30(20-10-5-4-9-18(17)20)13-14-34-22-12-7-6-11-21(22)33-2/h4-7,9-12,15-16,27H,3,8,13-14H2,1-2H3. The molecule has 9 heteroatoms. The number of fused-ring (bicyclic) bond motifs is 2. The van der Waals surface area contributed by atoms with E-state index in [-0.39, 0.29) is 11.4 Å². The van der Waals surface area contributed by atoms with Gasteiger partial charge in [0.25, 0.3) is 5.91 Å². The highest BCUT2D eigenvalue weighted by Crippen LogP contribution is 2.31. The lowest BCUT2D eigenvalue weighted by Gasteiger charge is -2.20. The molecule has 0 atom stereocenters. The summed E-state index contributed by atoms with van der Waals surface area (Å²) in [6.07, 6.45) is 5.46. The minimum atomic E-state index is -0.418. The van der Waals surface area contributed by atoms with E-state index < -0.39 is 5.91 Å². The molecule has 2 aliphatic heterocycles. The number of hydrazone groups is 1. The van der Waals surface area contributed by atoms with Crippen LogP contribution in [-0.2, 0) is 11.3 Å². The molecule has 0 unspecified atom stereocenters. The van der Waals surface area contributed by atoms with Gasteiger partial charge >= 0.3 is 0 Å². The Morgan fingerprint density at radius 2 is 1.89 bits per heavy atom. The first kappa shape index (κ1) is 22.9. The molecule has 0 aliphatic carbocycles. The highest BCUT2D eigenvalue weighted by Gasteiger charge is 2.35. The molecule has 1 amide bonds. The number of benzene rings is 2. The summed E-state index contributed by atoms with van der Waals surface area (Å²) >= 11 is 1.36. The van der Waals surface area contributed by atoms with Crippen LogP contribution in [0.25, 0.3) is 17.0 Å². The van der Waals surface area contributed by atoms with Crippen molar-refractivity contribution in [3.8, 4) is 11.5 Å². The summed E-state index contributed by atoms with van der Waals surface area (Å²) in [5.74, 6) is 1.01. The fourth-order valence-electron chi connectivity index (χ4n) is 4.07. The third kappa shape index (κ3) is 4.46. The highest BCUT2D eigenvalue weighted by molar-refractivity contribution is 8.26. The second-order valence-corrected chi connectivity index (χ2v) is 9.10. The number of rotatable bonds is 8. The number of ether oxygens (including phenoxy) is 2. The number of aliphatic imine (C=N–C) groups is 1. The Kier molecular flexibility index (Phi) is 6.41. The number of hydrogen-bond donors (Lipinski definition) is 1. The van der Waals surface area contributed by atoms with Gasteiger partial charge in [-0.25, -0.2) is 0 Å². The van der Waals surface area contributed by atoms with Crippen LogP contribution in [0.3, 0.4) is 0 Å². The minimum absolute atomic E-state index is 0.0509. The lowest BCUT2D eigenvalue weighted by Crippen LogP contribution is -2.35. The fourth-order valence-corrected chi connectivity index (χ4v) is 5.06. The van der Waals surface area contributed by atoms with Crippen LogP contribution in [0.1, 0.15) is 25.3 Å². The van der Waals surface area contributed by atoms with Gasteiger partial charge in [0.1, 0.15) is 11.7 Å². The van der Waals surface area contributed by atoms with Gasteiger partial charge < -0.3 is 14.0 Å². The molecule has 1 aromatic heterocycles. The van der Waals surface area contributed by atoms with Gasteiger partial charge in [-0.05, 0) is 48.9 Å². The average Bonchev–Trinajstić information content (AvgIpc) is 3.43. The van der Waals surface area contributed by atoms with Crippen LogP contribution in [0.5, 0.6) is 11.5 Å². The quantitative estimate of drug-likeness (QED) is 0.444. The monoisotopic (exact) mass is 487 g/mol. The Hall–Kier alpha value is -3.85. The summed E-state index contributed by atoms with van der Waals surface area (Å²) in [5, 5.41) is 16.9. The van der Waals surface area contributed by atoms with Crippen LogP contribution in [0.2, 0.25) is 0 Å². The summed E-state index contributed by atoms with van der Waals surface area (Å²) in [4.78, 5) is 17.0. The number of para-hydroxylation sites is 3. The van der Waals surface area contributed by atoms with E-state index in [4.69, 9.17) is 14.9 Å². The maximum atomic E-state index is 12.8. The second-order valence-electron chi connectivity index (χ2n) is 8.06. The zero-order chi connectivity index (χ0) is 24.4. The summed E-state index contributed by atoms with van der Waals surface area (Å²) in [6, 6.07) is 15.5. The van der Waals surface area contributed by atoms with Gasteiger partial charge in [0.15, 0.2) is 17.3 Å². The molecular weight excluding hydrogens is 462 g/mol. The fraction of sp³-hybridized carbons (Fsp3) is 0.231. The summed E-state index contributed by atoms with van der Waals surface area (Å²) in [7, 11) is 1.62. The minimum Gasteiger partial charge on any atom is -0.493 e. The Balaban J connectivity index is 1.42. The van der Waals surface area contributed by atoms with Crippen molar-refractivity contribution in [2.45, 2.75) is 26.3 Å². The van der Waals surface area contributed by atoms with Crippen LogP contribution >= 0.6 is 11.8 Å². The number of amides is 1. The Morgan fingerprint density at radius 1 is 1.11 bits per heavy atom. The summed E-state index contributed by atoms with van der Waals surface area (Å²) in [5.41, 5.74) is 2.08. The van der Waals surface area contributed by atoms with E-state index in [9.17, 15) is 4.79 Å². The number of carbonyl (C=O) groups is 1. The molecule has 0 bridgehead atoms. The van der Waals surface area contributed by atoms with E-state index in [1.165, 1.54) is 16.8 Å². The van der Waals surface area contributed by atoms with E-state index in [0.29, 0.717) is 29.8 Å². The second kappa shape index (κ2) is 9.79. The number of aromatic nitrogens is 1. The molecule has 2 aromatic carbocycles. The van der Waals surface area contributed by atoms with E-state index >= 15 is 0 Å². The van der Waals surface area contributed by atoms with Crippen molar-refractivity contribution in [3.63, 3.8) is 0 Å².